The van der Waals surface area contributed by atoms with Crippen LogP contribution < -0.4 is 4.80 Å². The first-order valence-corrected chi connectivity index (χ1v) is 9.57. The predicted octanol–water partition coefficient (Wildman–Crippen LogP) is 1.77. The molecule has 22 heavy (non-hydrogen) atoms. The number of sulfone groups is 1. The molecule has 1 amide bonds. The van der Waals surface area contributed by atoms with Crippen LogP contribution in [-0.2, 0) is 21.2 Å². The predicted molar refractivity (Wildman–Crippen MR) is 87.5 cm³/mol. The van der Waals surface area contributed by atoms with Gasteiger partial charge >= 0.3 is 0 Å². The van der Waals surface area contributed by atoms with E-state index in [1.54, 1.807) is 0 Å². The van der Waals surface area contributed by atoms with E-state index in [2.05, 4.69) is 4.99 Å². The molecule has 0 aliphatic rings. The number of rotatable bonds is 4. The average Bonchev–Trinajstić information content (AvgIpc) is 2.86. The smallest absolute Gasteiger partial charge is 0.266 e. The van der Waals surface area contributed by atoms with Crippen LogP contribution in [0.3, 0.4) is 0 Å². The van der Waals surface area contributed by atoms with E-state index in [1.165, 1.54) is 23.8 Å². The van der Waals surface area contributed by atoms with Crippen molar-refractivity contribution in [1.82, 2.24) is 4.57 Å². The zero-order valence-corrected chi connectivity index (χ0v) is 14.3. The molecule has 7 heteroatoms. The molecule has 1 heterocycles. The minimum absolute atomic E-state index is 0.501. The van der Waals surface area contributed by atoms with Crippen LogP contribution >= 0.6 is 11.3 Å². The number of benzene rings is 1. The molecule has 118 valence electrons. The summed E-state index contributed by atoms with van der Waals surface area (Å²) < 4.78 is 24.7. The fourth-order valence-electron chi connectivity index (χ4n) is 1.77. The van der Waals surface area contributed by atoms with Gasteiger partial charge in [-0.25, -0.2) is 8.42 Å². The molecule has 0 radical (unpaired) electrons. The quantitative estimate of drug-likeness (QED) is 0.853. The lowest BCUT2D eigenvalue weighted by molar-refractivity contribution is -0.117. The van der Waals surface area contributed by atoms with Crippen molar-refractivity contribution < 1.29 is 13.2 Å². The second kappa shape index (κ2) is 6.58. The maximum absolute atomic E-state index is 12.0. The lowest BCUT2D eigenvalue weighted by atomic mass is 10.1. The number of nitrogens with zero attached hydrogens (tertiary/aromatic N) is 2. The van der Waals surface area contributed by atoms with E-state index in [0.29, 0.717) is 11.3 Å². The molecule has 0 fully saturated rings. The van der Waals surface area contributed by atoms with Crippen LogP contribution in [-0.4, -0.2) is 30.4 Å². The molecule has 1 aromatic heterocycles. The first-order chi connectivity index (χ1) is 10.3. The van der Waals surface area contributed by atoms with Crippen molar-refractivity contribution in [3.8, 4) is 0 Å². The molecular formula is C15H18N2O3S2. The van der Waals surface area contributed by atoms with Crippen molar-refractivity contribution in [2.24, 2.45) is 4.99 Å². The Hall–Kier alpha value is -1.73. The Morgan fingerprint density at radius 2 is 1.95 bits per heavy atom. The van der Waals surface area contributed by atoms with Gasteiger partial charge in [0.05, 0.1) is 0 Å². The van der Waals surface area contributed by atoms with Crippen molar-refractivity contribution in [1.29, 1.82) is 0 Å². The number of aromatic nitrogens is 1. The Balaban J connectivity index is 2.27. The van der Waals surface area contributed by atoms with Crippen molar-refractivity contribution in [2.45, 2.75) is 25.6 Å². The molecule has 2 aromatic rings. The second-order valence-electron chi connectivity index (χ2n) is 5.22. The number of aryl methyl sites for hydroxylation is 1. The molecule has 0 unspecified atom stereocenters. The molecule has 0 N–H and O–H groups in total. The van der Waals surface area contributed by atoms with Gasteiger partial charge in [0.2, 0.25) is 0 Å². The molecule has 0 aliphatic carbocycles. The number of thiazole rings is 1. The summed E-state index contributed by atoms with van der Waals surface area (Å²) >= 11 is 1.31. The monoisotopic (exact) mass is 338 g/mol. The normalized spacial score (nSPS) is 14.0. The van der Waals surface area contributed by atoms with E-state index in [4.69, 9.17) is 0 Å². The van der Waals surface area contributed by atoms with Gasteiger partial charge in [-0.2, -0.15) is 4.99 Å². The summed E-state index contributed by atoms with van der Waals surface area (Å²) in [5, 5.41) is 0.702. The van der Waals surface area contributed by atoms with Gasteiger partial charge in [-0.3, -0.25) is 4.79 Å². The molecule has 0 spiro atoms. The highest BCUT2D eigenvalue weighted by molar-refractivity contribution is 7.92. The third kappa shape index (κ3) is 4.14. The van der Waals surface area contributed by atoms with Gasteiger partial charge in [-0.1, -0.05) is 29.8 Å². The highest BCUT2D eigenvalue weighted by Crippen LogP contribution is 2.06. The van der Waals surface area contributed by atoms with Crippen LogP contribution in [0.15, 0.2) is 40.8 Å². The number of carbonyl (C=O) groups excluding carboxylic acids is 1. The van der Waals surface area contributed by atoms with E-state index in [-0.39, 0.29) is 0 Å². The van der Waals surface area contributed by atoms with Gasteiger partial charge in [0.1, 0.15) is 5.25 Å². The van der Waals surface area contributed by atoms with E-state index in [1.807, 2.05) is 47.3 Å². The number of carbonyl (C=O) groups is 1. The van der Waals surface area contributed by atoms with Crippen LogP contribution in [0.5, 0.6) is 0 Å². The SMILES string of the molecule is Cc1ccc(Cn2ccsc2=NC(=O)[C@H](C)S(C)(=O)=O)cc1. The van der Waals surface area contributed by atoms with Crippen molar-refractivity contribution in [3.63, 3.8) is 0 Å². The summed E-state index contributed by atoms with van der Waals surface area (Å²) in [7, 11) is -3.43. The third-order valence-electron chi connectivity index (χ3n) is 3.33. The van der Waals surface area contributed by atoms with Crippen LogP contribution in [0.1, 0.15) is 18.1 Å². The molecule has 0 saturated heterocycles. The van der Waals surface area contributed by atoms with Crippen LogP contribution in [0.4, 0.5) is 0 Å². The Kier molecular flexibility index (Phi) is 4.97. The van der Waals surface area contributed by atoms with E-state index >= 15 is 0 Å². The number of amides is 1. The summed E-state index contributed by atoms with van der Waals surface area (Å²) in [6.07, 6.45) is 2.88. The largest absolute Gasteiger partial charge is 0.319 e. The van der Waals surface area contributed by atoms with Gasteiger partial charge in [-0.15, -0.1) is 11.3 Å². The zero-order chi connectivity index (χ0) is 16.3. The third-order valence-corrected chi connectivity index (χ3v) is 5.61. The molecule has 0 saturated carbocycles. The molecule has 2 rings (SSSR count). The van der Waals surface area contributed by atoms with Crippen molar-refractivity contribution in [3.05, 3.63) is 51.8 Å². The lowest BCUT2D eigenvalue weighted by Crippen LogP contribution is -2.27. The Labute approximate surface area is 133 Å². The molecule has 0 aliphatic heterocycles. The maximum atomic E-state index is 12.0. The van der Waals surface area contributed by atoms with Crippen LogP contribution in [0, 0.1) is 6.92 Å². The summed E-state index contributed by atoms with van der Waals surface area (Å²) in [5.74, 6) is -0.636. The van der Waals surface area contributed by atoms with E-state index in [9.17, 15) is 13.2 Å². The topological polar surface area (TPSA) is 68.5 Å². The summed E-state index contributed by atoms with van der Waals surface area (Å²) in [6.45, 7) is 3.97. The van der Waals surface area contributed by atoms with Crippen LogP contribution in [0.2, 0.25) is 0 Å². The summed E-state index contributed by atoms with van der Waals surface area (Å²) in [4.78, 5) is 16.4. The highest BCUT2D eigenvalue weighted by Gasteiger charge is 2.23. The van der Waals surface area contributed by atoms with Gasteiger partial charge in [0.15, 0.2) is 14.6 Å². The minimum atomic E-state index is -3.43. The molecule has 1 atom stereocenters. The minimum Gasteiger partial charge on any atom is -0.319 e. The Morgan fingerprint density at radius 1 is 1.32 bits per heavy atom. The fourth-order valence-corrected chi connectivity index (χ4v) is 2.92. The van der Waals surface area contributed by atoms with Gasteiger partial charge in [-0.05, 0) is 19.4 Å². The average molecular weight is 338 g/mol. The van der Waals surface area contributed by atoms with Gasteiger partial charge in [0, 0.05) is 24.4 Å². The van der Waals surface area contributed by atoms with Crippen LogP contribution in [0.25, 0.3) is 0 Å². The lowest BCUT2D eigenvalue weighted by Gasteiger charge is -2.05. The fraction of sp³-hybridized carbons (Fsp3) is 0.333. The van der Waals surface area contributed by atoms with Crippen molar-refractivity contribution >= 4 is 27.1 Å². The Bertz CT molecular complexity index is 830. The number of hydrogen-bond acceptors (Lipinski definition) is 4. The van der Waals surface area contributed by atoms with Gasteiger partial charge in [0.25, 0.3) is 5.91 Å². The molecular weight excluding hydrogens is 320 g/mol. The number of hydrogen-bond donors (Lipinski definition) is 0. The van der Waals surface area contributed by atoms with Crippen molar-refractivity contribution in [2.75, 3.05) is 6.26 Å². The summed E-state index contributed by atoms with van der Waals surface area (Å²) in [6, 6.07) is 8.08. The van der Waals surface area contributed by atoms with E-state index in [0.717, 1.165) is 11.8 Å². The molecule has 0 bridgehead atoms. The zero-order valence-electron chi connectivity index (χ0n) is 12.7. The Morgan fingerprint density at radius 3 is 2.55 bits per heavy atom. The molecule has 1 aromatic carbocycles. The summed E-state index contributed by atoms with van der Waals surface area (Å²) in [5.41, 5.74) is 2.27. The molecule has 5 nitrogen and oxygen atoms in total. The van der Waals surface area contributed by atoms with E-state index < -0.39 is 21.0 Å². The standard InChI is InChI=1S/C15H18N2O3S2/c1-11-4-6-13(7-5-11)10-17-8-9-21-15(17)16-14(18)12(2)22(3,19)20/h4-9,12H,10H2,1-3H3/t12-/m0/s1. The first kappa shape index (κ1) is 16.6. The first-order valence-electron chi connectivity index (χ1n) is 6.74. The van der Waals surface area contributed by atoms with Gasteiger partial charge < -0.3 is 4.57 Å². The maximum Gasteiger partial charge on any atom is 0.266 e. The highest BCUT2D eigenvalue weighted by atomic mass is 32.2. The second-order valence-corrected chi connectivity index (χ2v) is 8.46.